The Morgan fingerprint density at radius 1 is 1.53 bits per heavy atom. The number of methoxy groups -OCH3 is 1. The minimum absolute atomic E-state index is 0.154. The van der Waals surface area contributed by atoms with E-state index >= 15 is 0 Å². The number of nitrogens with zero attached hydrogens (tertiary/aromatic N) is 1. The summed E-state index contributed by atoms with van der Waals surface area (Å²) in [6.45, 7) is 0. The Labute approximate surface area is 107 Å². The van der Waals surface area contributed by atoms with Crippen LogP contribution in [0.5, 0.6) is 5.75 Å². The predicted octanol–water partition coefficient (Wildman–Crippen LogP) is 3.31. The lowest BCUT2D eigenvalue weighted by atomic mass is 9.72. The van der Waals surface area contributed by atoms with E-state index in [0.717, 1.165) is 6.42 Å². The van der Waals surface area contributed by atoms with Crippen molar-refractivity contribution in [2.45, 2.75) is 24.8 Å². The first-order chi connectivity index (χ1) is 8.13. The van der Waals surface area contributed by atoms with Gasteiger partial charge in [0.1, 0.15) is 5.54 Å². The molecule has 1 saturated carbocycles. The van der Waals surface area contributed by atoms with Crippen LogP contribution in [0.1, 0.15) is 24.8 Å². The van der Waals surface area contributed by atoms with Gasteiger partial charge < -0.3 is 4.74 Å². The first-order valence-electron chi connectivity index (χ1n) is 5.25. The quantitative estimate of drug-likeness (QED) is 0.634. The molecular formula is C12H11BrFNO2. The number of rotatable bonds is 3. The van der Waals surface area contributed by atoms with Crippen LogP contribution in [0.3, 0.4) is 0 Å². The molecule has 0 aromatic heterocycles. The molecule has 1 aliphatic carbocycles. The van der Waals surface area contributed by atoms with Crippen molar-refractivity contribution in [3.05, 3.63) is 28.0 Å². The lowest BCUT2D eigenvalue weighted by Gasteiger charge is -2.37. The molecule has 3 nitrogen and oxygen atoms in total. The normalized spacial score (nSPS) is 16.9. The zero-order chi connectivity index (χ0) is 12.5. The van der Waals surface area contributed by atoms with Crippen molar-refractivity contribution in [3.8, 4) is 5.75 Å². The maximum absolute atomic E-state index is 14.2. The lowest BCUT2D eigenvalue weighted by Crippen LogP contribution is -2.33. The average molecular weight is 300 g/mol. The second-order valence-electron chi connectivity index (χ2n) is 4.06. The second kappa shape index (κ2) is 4.59. The fourth-order valence-electron chi connectivity index (χ4n) is 2.09. The highest BCUT2D eigenvalue weighted by molar-refractivity contribution is 9.10. The molecule has 0 radical (unpaired) electrons. The van der Waals surface area contributed by atoms with E-state index in [0.29, 0.717) is 22.9 Å². The minimum atomic E-state index is -0.747. The van der Waals surface area contributed by atoms with Gasteiger partial charge in [0.05, 0.1) is 7.11 Å². The molecule has 90 valence electrons. The van der Waals surface area contributed by atoms with Gasteiger partial charge in [-0.1, -0.05) is 15.9 Å². The van der Waals surface area contributed by atoms with E-state index in [1.807, 2.05) is 0 Å². The molecule has 0 saturated heterocycles. The van der Waals surface area contributed by atoms with Gasteiger partial charge in [-0.05, 0) is 31.4 Å². The summed E-state index contributed by atoms with van der Waals surface area (Å²) in [5.41, 5.74) is -0.346. The van der Waals surface area contributed by atoms with Crippen molar-refractivity contribution in [2.75, 3.05) is 7.11 Å². The number of benzene rings is 1. The van der Waals surface area contributed by atoms with Gasteiger partial charge in [0.25, 0.3) is 0 Å². The fraction of sp³-hybridized carbons (Fsp3) is 0.417. The van der Waals surface area contributed by atoms with Crippen LogP contribution in [0.4, 0.5) is 4.39 Å². The Hall–Kier alpha value is -1.19. The first kappa shape index (κ1) is 12.3. The summed E-state index contributed by atoms with van der Waals surface area (Å²) >= 11 is 3.30. The van der Waals surface area contributed by atoms with Crippen LogP contribution in [0, 0.1) is 5.82 Å². The van der Waals surface area contributed by atoms with E-state index < -0.39 is 11.4 Å². The molecule has 1 aliphatic rings. The van der Waals surface area contributed by atoms with Gasteiger partial charge in [-0.2, -0.15) is 4.99 Å². The van der Waals surface area contributed by atoms with Gasteiger partial charge in [0.2, 0.25) is 6.08 Å². The third-order valence-corrected chi connectivity index (χ3v) is 3.62. The molecule has 0 bridgehead atoms. The molecule has 0 amide bonds. The molecule has 0 unspecified atom stereocenters. The molecule has 0 N–H and O–H groups in total. The number of hydrogen-bond acceptors (Lipinski definition) is 3. The van der Waals surface area contributed by atoms with Gasteiger partial charge in [-0.3, -0.25) is 0 Å². The maximum Gasteiger partial charge on any atom is 0.235 e. The third kappa shape index (κ3) is 2.01. The highest BCUT2D eigenvalue weighted by atomic mass is 79.9. The summed E-state index contributed by atoms with van der Waals surface area (Å²) in [5, 5.41) is 0. The van der Waals surface area contributed by atoms with Crippen LogP contribution >= 0.6 is 15.9 Å². The Morgan fingerprint density at radius 2 is 2.24 bits per heavy atom. The zero-order valence-electron chi connectivity index (χ0n) is 9.30. The van der Waals surface area contributed by atoms with E-state index in [2.05, 4.69) is 20.9 Å². The van der Waals surface area contributed by atoms with E-state index in [1.165, 1.54) is 7.11 Å². The van der Waals surface area contributed by atoms with Crippen molar-refractivity contribution in [1.82, 2.24) is 0 Å². The largest absolute Gasteiger partial charge is 0.494 e. The van der Waals surface area contributed by atoms with Crippen molar-refractivity contribution in [2.24, 2.45) is 4.99 Å². The van der Waals surface area contributed by atoms with E-state index in [4.69, 9.17) is 4.74 Å². The van der Waals surface area contributed by atoms with Crippen LogP contribution in [0.25, 0.3) is 0 Å². The monoisotopic (exact) mass is 299 g/mol. The molecule has 2 rings (SSSR count). The summed E-state index contributed by atoms with van der Waals surface area (Å²) in [7, 11) is 1.41. The fourth-order valence-corrected chi connectivity index (χ4v) is 2.53. The van der Waals surface area contributed by atoms with Crippen LogP contribution in [0.2, 0.25) is 0 Å². The van der Waals surface area contributed by atoms with E-state index in [9.17, 15) is 9.18 Å². The van der Waals surface area contributed by atoms with Crippen molar-refractivity contribution in [1.29, 1.82) is 0 Å². The standard InChI is InChI=1S/C12H11BrFNO2/c1-17-10-6-8(13)5-9(11(10)14)12(15-7-16)3-2-4-12/h5-6H,2-4H2,1H3. The summed E-state index contributed by atoms with van der Waals surface area (Å²) in [4.78, 5) is 14.3. The van der Waals surface area contributed by atoms with Gasteiger partial charge >= 0.3 is 0 Å². The zero-order valence-corrected chi connectivity index (χ0v) is 10.9. The number of carbonyl (C=O) groups excluding carboxylic acids is 1. The maximum atomic E-state index is 14.2. The molecule has 1 aromatic rings. The summed E-state index contributed by atoms with van der Waals surface area (Å²) in [6.07, 6.45) is 3.81. The first-order valence-corrected chi connectivity index (χ1v) is 6.05. The highest BCUT2D eigenvalue weighted by Crippen LogP contribution is 2.47. The van der Waals surface area contributed by atoms with Crippen molar-refractivity contribution >= 4 is 22.0 Å². The van der Waals surface area contributed by atoms with Gasteiger partial charge in [-0.15, -0.1) is 0 Å². The van der Waals surface area contributed by atoms with Crippen LogP contribution in [-0.4, -0.2) is 13.2 Å². The molecule has 1 fully saturated rings. The average Bonchev–Trinajstić information content (AvgIpc) is 2.26. The summed E-state index contributed by atoms with van der Waals surface area (Å²) in [5.74, 6) is -0.295. The Balaban J connectivity index is 2.58. The predicted molar refractivity (Wildman–Crippen MR) is 64.3 cm³/mol. The molecule has 17 heavy (non-hydrogen) atoms. The molecular weight excluding hydrogens is 289 g/mol. The highest BCUT2D eigenvalue weighted by Gasteiger charge is 2.41. The van der Waals surface area contributed by atoms with Gasteiger partial charge in [0.15, 0.2) is 11.6 Å². The molecule has 5 heteroatoms. The molecule has 0 atom stereocenters. The number of aliphatic imine (C=N–C) groups is 1. The molecule has 1 aromatic carbocycles. The van der Waals surface area contributed by atoms with Crippen molar-refractivity contribution in [3.63, 3.8) is 0 Å². The summed E-state index contributed by atoms with van der Waals surface area (Å²) in [6, 6.07) is 3.20. The molecule has 0 spiro atoms. The smallest absolute Gasteiger partial charge is 0.235 e. The van der Waals surface area contributed by atoms with Crippen LogP contribution < -0.4 is 4.74 Å². The van der Waals surface area contributed by atoms with Gasteiger partial charge in [0, 0.05) is 10.0 Å². The van der Waals surface area contributed by atoms with Gasteiger partial charge in [-0.25, -0.2) is 9.18 Å². The summed E-state index contributed by atoms with van der Waals surface area (Å²) < 4.78 is 19.8. The lowest BCUT2D eigenvalue weighted by molar-refractivity contribution is 0.244. The number of ether oxygens (including phenoxy) is 1. The van der Waals surface area contributed by atoms with E-state index in [-0.39, 0.29) is 5.75 Å². The number of isocyanates is 1. The van der Waals surface area contributed by atoms with Crippen LogP contribution in [-0.2, 0) is 10.3 Å². The Bertz CT molecular complexity index is 494. The van der Waals surface area contributed by atoms with Crippen molar-refractivity contribution < 1.29 is 13.9 Å². The SMILES string of the molecule is COc1cc(Br)cc(C2(N=C=O)CCC2)c1F. The van der Waals surface area contributed by atoms with Crippen LogP contribution in [0.15, 0.2) is 21.6 Å². The Morgan fingerprint density at radius 3 is 2.71 bits per heavy atom. The minimum Gasteiger partial charge on any atom is -0.494 e. The second-order valence-corrected chi connectivity index (χ2v) is 4.97. The Kier molecular flexibility index (Phi) is 3.31. The van der Waals surface area contributed by atoms with E-state index in [1.54, 1.807) is 18.2 Å². The number of hydrogen-bond donors (Lipinski definition) is 0. The number of halogens is 2. The topological polar surface area (TPSA) is 38.7 Å². The third-order valence-electron chi connectivity index (χ3n) is 3.17. The molecule has 0 aliphatic heterocycles. The molecule has 0 heterocycles.